The molecule has 122 valence electrons. The zero-order chi connectivity index (χ0) is 17.5. The maximum Gasteiger partial charge on any atom is 0.341 e. The number of nitriles is 1. The van der Waals surface area contributed by atoms with E-state index in [0.717, 1.165) is 0 Å². The predicted octanol–water partition coefficient (Wildman–Crippen LogP) is 2.78. The number of amides is 1. The van der Waals surface area contributed by atoms with Crippen LogP contribution in [0.1, 0.15) is 22.8 Å². The van der Waals surface area contributed by atoms with Gasteiger partial charge in [0, 0.05) is 18.4 Å². The van der Waals surface area contributed by atoms with Crippen molar-refractivity contribution < 1.29 is 14.3 Å². The second-order valence-electron chi connectivity index (χ2n) is 5.02. The van der Waals surface area contributed by atoms with Crippen LogP contribution in [-0.2, 0) is 9.53 Å². The molecule has 1 unspecified atom stereocenters. The SMILES string of the molecule is CNc1ccccc1C(=O)OC(C)C(=O)Nc1cccc(C#N)c1. The summed E-state index contributed by atoms with van der Waals surface area (Å²) in [5.41, 5.74) is 1.88. The van der Waals surface area contributed by atoms with Crippen LogP contribution in [0.5, 0.6) is 0 Å². The Hall–Kier alpha value is -3.33. The maximum atomic E-state index is 12.2. The van der Waals surface area contributed by atoms with E-state index in [4.69, 9.17) is 10.00 Å². The number of ether oxygens (including phenoxy) is 1. The second-order valence-corrected chi connectivity index (χ2v) is 5.02. The van der Waals surface area contributed by atoms with Gasteiger partial charge in [0.2, 0.25) is 0 Å². The molecule has 0 aliphatic rings. The van der Waals surface area contributed by atoms with Crippen molar-refractivity contribution in [3.05, 3.63) is 59.7 Å². The van der Waals surface area contributed by atoms with Gasteiger partial charge < -0.3 is 15.4 Å². The van der Waals surface area contributed by atoms with Gasteiger partial charge in [-0.25, -0.2) is 4.79 Å². The van der Waals surface area contributed by atoms with Crippen LogP contribution in [0.4, 0.5) is 11.4 Å². The molecule has 0 bridgehead atoms. The summed E-state index contributed by atoms with van der Waals surface area (Å²) in [7, 11) is 1.70. The Labute approximate surface area is 140 Å². The van der Waals surface area contributed by atoms with Crippen molar-refractivity contribution in [1.82, 2.24) is 0 Å². The van der Waals surface area contributed by atoms with E-state index >= 15 is 0 Å². The monoisotopic (exact) mass is 323 g/mol. The summed E-state index contributed by atoms with van der Waals surface area (Å²) in [5, 5.41) is 14.4. The van der Waals surface area contributed by atoms with Gasteiger partial charge in [0.1, 0.15) is 0 Å². The van der Waals surface area contributed by atoms with E-state index in [9.17, 15) is 9.59 Å². The van der Waals surface area contributed by atoms with Gasteiger partial charge in [-0.1, -0.05) is 18.2 Å². The van der Waals surface area contributed by atoms with Crippen LogP contribution >= 0.6 is 0 Å². The van der Waals surface area contributed by atoms with E-state index in [-0.39, 0.29) is 0 Å². The van der Waals surface area contributed by atoms with E-state index in [0.29, 0.717) is 22.5 Å². The molecule has 0 aliphatic heterocycles. The molecule has 0 aromatic heterocycles. The minimum Gasteiger partial charge on any atom is -0.449 e. The summed E-state index contributed by atoms with van der Waals surface area (Å²) in [4.78, 5) is 24.4. The molecule has 0 aliphatic carbocycles. The molecular formula is C18H17N3O3. The van der Waals surface area contributed by atoms with Gasteiger partial charge >= 0.3 is 5.97 Å². The lowest BCUT2D eigenvalue weighted by Crippen LogP contribution is -2.30. The fourth-order valence-corrected chi connectivity index (χ4v) is 2.07. The first-order valence-electron chi connectivity index (χ1n) is 7.34. The lowest BCUT2D eigenvalue weighted by molar-refractivity contribution is -0.123. The van der Waals surface area contributed by atoms with Crippen LogP contribution in [0.2, 0.25) is 0 Å². The molecule has 1 amide bonds. The van der Waals surface area contributed by atoms with Gasteiger partial charge in [-0.3, -0.25) is 4.79 Å². The number of anilines is 2. The van der Waals surface area contributed by atoms with Crippen molar-refractivity contribution in [2.24, 2.45) is 0 Å². The molecular weight excluding hydrogens is 306 g/mol. The molecule has 2 N–H and O–H groups in total. The summed E-state index contributed by atoms with van der Waals surface area (Å²) in [6.07, 6.45) is -0.979. The lowest BCUT2D eigenvalue weighted by atomic mass is 10.2. The summed E-state index contributed by atoms with van der Waals surface area (Å²) in [6, 6.07) is 15.4. The molecule has 6 heteroatoms. The minimum absolute atomic E-state index is 0.353. The highest BCUT2D eigenvalue weighted by Crippen LogP contribution is 2.17. The van der Waals surface area contributed by atoms with Gasteiger partial charge in [0.25, 0.3) is 5.91 Å². The standard InChI is InChI=1S/C18H17N3O3/c1-12(17(22)21-14-7-5-6-13(10-14)11-19)24-18(23)15-8-3-4-9-16(15)20-2/h3-10,12,20H,1-2H3,(H,21,22). The topological polar surface area (TPSA) is 91.2 Å². The molecule has 6 nitrogen and oxygen atoms in total. The Morgan fingerprint density at radius 1 is 1.17 bits per heavy atom. The zero-order valence-electron chi connectivity index (χ0n) is 13.4. The molecule has 2 aromatic carbocycles. The zero-order valence-corrected chi connectivity index (χ0v) is 13.4. The van der Waals surface area contributed by atoms with Gasteiger partial charge in [0.15, 0.2) is 6.10 Å². The Balaban J connectivity index is 2.03. The second kappa shape index (κ2) is 7.79. The van der Waals surface area contributed by atoms with E-state index in [1.165, 1.54) is 6.92 Å². The highest BCUT2D eigenvalue weighted by molar-refractivity contribution is 5.99. The molecule has 0 saturated heterocycles. The molecule has 0 saturated carbocycles. The normalized spacial score (nSPS) is 11.0. The molecule has 2 rings (SSSR count). The molecule has 0 radical (unpaired) electrons. The van der Waals surface area contributed by atoms with Gasteiger partial charge in [-0.15, -0.1) is 0 Å². The first-order chi connectivity index (χ1) is 11.5. The number of hydrogen-bond donors (Lipinski definition) is 2. The number of carbonyl (C=O) groups is 2. The smallest absolute Gasteiger partial charge is 0.341 e. The number of esters is 1. The third kappa shape index (κ3) is 4.11. The molecule has 0 heterocycles. The van der Waals surface area contributed by atoms with Crippen LogP contribution in [0.25, 0.3) is 0 Å². The summed E-state index contributed by atoms with van der Waals surface area (Å²) < 4.78 is 5.21. The van der Waals surface area contributed by atoms with Crippen molar-refractivity contribution in [2.75, 3.05) is 17.7 Å². The fourth-order valence-electron chi connectivity index (χ4n) is 2.07. The average molecular weight is 323 g/mol. The summed E-state index contributed by atoms with van der Waals surface area (Å²) in [6.45, 7) is 1.49. The number of benzene rings is 2. The van der Waals surface area contributed by atoms with E-state index in [1.54, 1.807) is 55.6 Å². The van der Waals surface area contributed by atoms with E-state index < -0.39 is 18.0 Å². The minimum atomic E-state index is -0.979. The van der Waals surface area contributed by atoms with Crippen molar-refractivity contribution in [3.8, 4) is 6.07 Å². The van der Waals surface area contributed by atoms with Crippen LogP contribution in [-0.4, -0.2) is 25.0 Å². The number of hydrogen-bond acceptors (Lipinski definition) is 5. The Morgan fingerprint density at radius 3 is 2.62 bits per heavy atom. The predicted molar refractivity (Wildman–Crippen MR) is 90.7 cm³/mol. The van der Waals surface area contributed by atoms with Crippen molar-refractivity contribution >= 4 is 23.3 Å². The van der Waals surface area contributed by atoms with Gasteiger partial charge in [0.05, 0.1) is 17.2 Å². The quantitative estimate of drug-likeness (QED) is 0.826. The molecule has 2 aromatic rings. The number of para-hydroxylation sites is 1. The third-order valence-corrected chi connectivity index (χ3v) is 3.33. The van der Waals surface area contributed by atoms with Crippen LogP contribution < -0.4 is 10.6 Å². The number of rotatable bonds is 5. The van der Waals surface area contributed by atoms with Crippen molar-refractivity contribution in [1.29, 1.82) is 5.26 Å². The lowest BCUT2D eigenvalue weighted by Gasteiger charge is -2.15. The van der Waals surface area contributed by atoms with Crippen LogP contribution in [0, 0.1) is 11.3 Å². The largest absolute Gasteiger partial charge is 0.449 e. The number of carbonyl (C=O) groups excluding carboxylic acids is 2. The Morgan fingerprint density at radius 2 is 1.92 bits per heavy atom. The van der Waals surface area contributed by atoms with Crippen molar-refractivity contribution in [3.63, 3.8) is 0 Å². The first kappa shape index (κ1) is 17.0. The van der Waals surface area contributed by atoms with Gasteiger partial charge in [-0.05, 0) is 37.3 Å². The number of nitrogens with one attached hydrogen (secondary N) is 2. The molecule has 0 spiro atoms. The van der Waals surface area contributed by atoms with Gasteiger partial charge in [-0.2, -0.15) is 5.26 Å². The maximum absolute atomic E-state index is 12.2. The Bertz CT molecular complexity index is 796. The van der Waals surface area contributed by atoms with Crippen LogP contribution in [0.15, 0.2) is 48.5 Å². The highest BCUT2D eigenvalue weighted by atomic mass is 16.5. The molecule has 1 atom stereocenters. The molecule has 24 heavy (non-hydrogen) atoms. The third-order valence-electron chi connectivity index (χ3n) is 3.33. The van der Waals surface area contributed by atoms with Crippen LogP contribution in [0.3, 0.4) is 0 Å². The van der Waals surface area contributed by atoms with E-state index in [1.807, 2.05) is 6.07 Å². The average Bonchev–Trinajstić information content (AvgIpc) is 2.61. The van der Waals surface area contributed by atoms with E-state index in [2.05, 4.69) is 10.6 Å². The summed E-state index contributed by atoms with van der Waals surface area (Å²) in [5.74, 6) is -1.06. The Kier molecular flexibility index (Phi) is 5.53. The highest BCUT2D eigenvalue weighted by Gasteiger charge is 2.20. The molecule has 0 fully saturated rings. The first-order valence-corrected chi connectivity index (χ1v) is 7.34. The summed E-state index contributed by atoms with van der Waals surface area (Å²) >= 11 is 0. The number of nitrogens with zero attached hydrogens (tertiary/aromatic N) is 1. The fraction of sp³-hybridized carbons (Fsp3) is 0.167. The van der Waals surface area contributed by atoms with Crippen molar-refractivity contribution in [2.45, 2.75) is 13.0 Å².